The van der Waals surface area contributed by atoms with Gasteiger partial charge < -0.3 is 4.57 Å². The first kappa shape index (κ1) is 19.0. The Hall–Kier alpha value is -4.51. The minimum absolute atomic E-state index is 0.263. The SMILES string of the molecule is Fc1ccc(-c2nc3c(nc4ccccn43)c3c4ccccc4n(Cc4ccccc4)c23)cc1. The van der Waals surface area contributed by atoms with Gasteiger partial charge in [0.1, 0.15) is 17.0 Å². The molecule has 0 bridgehead atoms. The first-order chi connectivity index (χ1) is 16.8. The lowest BCUT2D eigenvalue weighted by Gasteiger charge is -2.11. The minimum Gasteiger partial charge on any atom is -0.334 e. The number of benzene rings is 3. The highest BCUT2D eigenvalue weighted by Gasteiger charge is 2.22. The van der Waals surface area contributed by atoms with Crippen molar-refractivity contribution >= 4 is 38.6 Å². The van der Waals surface area contributed by atoms with Gasteiger partial charge in [-0.1, -0.05) is 54.6 Å². The first-order valence-corrected chi connectivity index (χ1v) is 11.3. The number of hydrogen-bond acceptors (Lipinski definition) is 2. The first-order valence-electron chi connectivity index (χ1n) is 11.3. The smallest absolute Gasteiger partial charge is 0.165 e. The number of aromatic nitrogens is 4. The van der Waals surface area contributed by atoms with Crippen LogP contribution in [0.3, 0.4) is 0 Å². The molecule has 0 saturated heterocycles. The summed E-state index contributed by atoms with van der Waals surface area (Å²) in [5.74, 6) is -0.263. The van der Waals surface area contributed by atoms with Crippen LogP contribution in [0.4, 0.5) is 4.39 Å². The van der Waals surface area contributed by atoms with Gasteiger partial charge in [-0.3, -0.25) is 4.40 Å². The Bertz CT molecular complexity index is 1830. The summed E-state index contributed by atoms with van der Waals surface area (Å²) in [5, 5.41) is 2.20. The van der Waals surface area contributed by atoms with Crippen molar-refractivity contribution in [2.45, 2.75) is 6.54 Å². The molecule has 4 aromatic heterocycles. The molecule has 0 saturated carbocycles. The van der Waals surface area contributed by atoms with Gasteiger partial charge in [0.05, 0.1) is 11.2 Å². The molecule has 5 heteroatoms. The third kappa shape index (κ3) is 2.77. The molecule has 0 amide bonds. The molecule has 0 aliphatic carbocycles. The Morgan fingerprint density at radius 3 is 2.35 bits per heavy atom. The molecular weight excluding hydrogens is 423 g/mol. The van der Waals surface area contributed by atoms with Crippen molar-refractivity contribution in [2.75, 3.05) is 0 Å². The Morgan fingerprint density at radius 2 is 1.50 bits per heavy atom. The normalized spacial score (nSPS) is 11.8. The number of para-hydroxylation sites is 1. The molecule has 162 valence electrons. The zero-order valence-electron chi connectivity index (χ0n) is 18.2. The van der Waals surface area contributed by atoms with E-state index < -0.39 is 0 Å². The average molecular weight is 442 g/mol. The fraction of sp³-hybridized carbons (Fsp3) is 0.0345. The Morgan fingerprint density at radius 1 is 0.735 bits per heavy atom. The summed E-state index contributed by atoms with van der Waals surface area (Å²) in [5.41, 5.74) is 7.54. The highest BCUT2D eigenvalue weighted by Crippen LogP contribution is 2.39. The van der Waals surface area contributed by atoms with Gasteiger partial charge >= 0.3 is 0 Å². The molecule has 3 aromatic carbocycles. The highest BCUT2D eigenvalue weighted by atomic mass is 19.1. The van der Waals surface area contributed by atoms with Crippen LogP contribution in [0, 0.1) is 5.82 Å². The monoisotopic (exact) mass is 442 g/mol. The molecular formula is C29H19FN4. The van der Waals surface area contributed by atoms with Crippen LogP contribution in [0.1, 0.15) is 5.56 Å². The predicted molar refractivity (Wildman–Crippen MR) is 134 cm³/mol. The van der Waals surface area contributed by atoms with Gasteiger partial charge in [-0.15, -0.1) is 0 Å². The van der Waals surface area contributed by atoms with Crippen molar-refractivity contribution in [2.24, 2.45) is 0 Å². The lowest BCUT2D eigenvalue weighted by atomic mass is 10.1. The van der Waals surface area contributed by atoms with Gasteiger partial charge in [0.15, 0.2) is 5.65 Å². The van der Waals surface area contributed by atoms with E-state index in [1.807, 2.05) is 34.9 Å². The number of imidazole rings is 1. The third-order valence-electron chi connectivity index (χ3n) is 6.46. The Kier molecular flexibility index (Phi) is 4.05. The lowest BCUT2D eigenvalue weighted by molar-refractivity contribution is 0.628. The molecule has 7 rings (SSSR count). The van der Waals surface area contributed by atoms with Crippen LogP contribution < -0.4 is 0 Å². The average Bonchev–Trinajstić information content (AvgIpc) is 3.41. The Labute approximate surface area is 194 Å². The summed E-state index contributed by atoms with van der Waals surface area (Å²) in [7, 11) is 0. The molecule has 0 radical (unpaired) electrons. The Balaban J connectivity index is 1.69. The molecule has 34 heavy (non-hydrogen) atoms. The van der Waals surface area contributed by atoms with Crippen molar-refractivity contribution in [1.29, 1.82) is 0 Å². The van der Waals surface area contributed by atoms with Gasteiger partial charge in [-0.25, -0.2) is 14.4 Å². The number of nitrogens with zero attached hydrogens (tertiary/aromatic N) is 4. The van der Waals surface area contributed by atoms with Crippen LogP contribution in [0.2, 0.25) is 0 Å². The zero-order valence-corrected chi connectivity index (χ0v) is 18.2. The largest absolute Gasteiger partial charge is 0.334 e. The molecule has 0 unspecified atom stereocenters. The van der Waals surface area contributed by atoms with Crippen LogP contribution in [-0.4, -0.2) is 18.9 Å². The fourth-order valence-electron chi connectivity index (χ4n) is 4.94. The summed E-state index contributed by atoms with van der Waals surface area (Å²) in [6.45, 7) is 0.694. The van der Waals surface area contributed by atoms with E-state index in [1.54, 1.807) is 12.1 Å². The summed E-state index contributed by atoms with van der Waals surface area (Å²) in [4.78, 5) is 10.1. The standard InChI is InChI=1S/C29H19FN4/c30-21-15-13-20(14-16-21)26-28-25(27-29(32-26)33-17-7-6-12-24(33)31-27)22-10-4-5-11-23(22)34(28)18-19-8-2-1-3-9-19/h1-17H,18H2. The van der Waals surface area contributed by atoms with Crippen LogP contribution in [0.25, 0.3) is 49.9 Å². The van der Waals surface area contributed by atoms with Gasteiger partial charge in [0.2, 0.25) is 0 Å². The highest BCUT2D eigenvalue weighted by molar-refractivity contribution is 6.21. The molecule has 0 aliphatic rings. The number of fused-ring (bicyclic) bond motifs is 7. The van der Waals surface area contributed by atoms with E-state index in [9.17, 15) is 4.39 Å². The van der Waals surface area contributed by atoms with Crippen LogP contribution in [0.15, 0.2) is 103 Å². The lowest BCUT2D eigenvalue weighted by Crippen LogP contribution is -2.02. The van der Waals surface area contributed by atoms with Crippen molar-refractivity contribution in [3.63, 3.8) is 0 Å². The molecule has 0 fully saturated rings. The van der Waals surface area contributed by atoms with E-state index in [4.69, 9.17) is 9.97 Å². The predicted octanol–water partition coefficient (Wildman–Crippen LogP) is 6.84. The molecule has 0 spiro atoms. The second-order valence-corrected chi connectivity index (χ2v) is 8.49. The molecule has 4 heterocycles. The fourth-order valence-corrected chi connectivity index (χ4v) is 4.94. The van der Waals surface area contributed by atoms with Crippen molar-refractivity contribution in [3.05, 3.63) is 115 Å². The zero-order chi connectivity index (χ0) is 22.6. The molecule has 0 atom stereocenters. The number of pyridine rings is 2. The maximum atomic E-state index is 13.8. The topological polar surface area (TPSA) is 35.1 Å². The van der Waals surface area contributed by atoms with Gasteiger partial charge in [-0.2, -0.15) is 0 Å². The summed E-state index contributed by atoms with van der Waals surface area (Å²) in [6.07, 6.45) is 1.99. The second kappa shape index (κ2) is 7.25. The van der Waals surface area contributed by atoms with Crippen molar-refractivity contribution < 1.29 is 4.39 Å². The molecule has 4 nitrogen and oxygen atoms in total. The van der Waals surface area contributed by atoms with E-state index in [0.29, 0.717) is 6.54 Å². The molecule has 7 aromatic rings. The number of halogens is 1. The number of hydrogen-bond donors (Lipinski definition) is 0. The second-order valence-electron chi connectivity index (χ2n) is 8.49. The van der Waals surface area contributed by atoms with Crippen LogP contribution in [0.5, 0.6) is 0 Å². The maximum absolute atomic E-state index is 13.8. The van der Waals surface area contributed by atoms with E-state index in [1.165, 1.54) is 17.7 Å². The molecule has 0 N–H and O–H groups in total. The van der Waals surface area contributed by atoms with Gasteiger partial charge in [-0.05, 0) is 48.0 Å². The van der Waals surface area contributed by atoms with Gasteiger partial charge in [0, 0.05) is 34.6 Å². The summed E-state index contributed by atoms with van der Waals surface area (Å²) < 4.78 is 18.2. The van der Waals surface area contributed by atoms with E-state index in [-0.39, 0.29) is 5.82 Å². The van der Waals surface area contributed by atoms with Crippen LogP contribution >= 0.6 is 0 Å². The quantitative estimate of drug-likeness (QED) is 0.300. The minimum atomic E-state index is -0.263. The summed E-state index contributed by atoms with van der Waals surface area (Å²) in [6, 6.07) is 31.4. The van der Waals surface area contributed by atoms with E-state index in [0.717, 1.165) is 49.9 Å². The maximum Gasteiger partial charge on any atom is 0.165 e. The van der Waals surface area contributed by atoms with E-state index in [2.05, 4.69) is 53.1 Å². The van der Waals surface area contributed by atoms with Crippen molar-refractivity contribution in [3.8, 4) is 11.3 Å². The summed E-state index contributed by atoms with van der Waals surface area (Å²) >= 11 is 0. The molecule has 0 aliphatic heterocycles. The van der Waals surface area contributed by atoms with Crippen LogP contribution in [-0.2, 0) is 6.54 Å². The number of rotatable bonds is 3. The van der Waals surface area contributed by atoms with Crippen molar-refractivity contribution in [1.82, 2.24) is 18.9 Å². The van der Waals surface area contributed by atoms with Gasteiger partial charge in [0.25, 0.3) is 0 Å². The third-order valence-corrected chi connectivity index (χ3v) is 6.46. The van der Waals surface area contributed by atoms with E-state index >= 15 is 0 Å².